The van der Waals surface area contributed by atoms with Crippen molar-refractivity contribution in [2.24, 2.45) is 0 Å². The number of benzene rings is 2. The molecule has 44 heavy (non-hydrogen) atoms. The first-order valence-electron chi connectivity index (χ1n) is 13.4. The van der Waals surface area contributed by atoms with Crippen molar-refractivity contribution in [2.45, 2.75) is 75.3 Å². The lowest BCUT2D eigenvalue weighted by Gasteiger charge is -2.39. The predicted octanol–water partition coefficient (Wildman–Crippen LogP) is -1.00. The molecular formula is C28H32O16. The number of aliphatic hydroxyl groups excluding tert-OH is 6. The number of hydrogen-bond donors (Lipinski definition) is 9. The maximum atomic E-state index is 13.8. The number of ether oxygens (including phenoxy) is 5. The Morgan fingerprint density at radius 2 is 1.18 bits per heavy atom. The summed E-state index contributed by atoms with van der Waals surface area (Å²) in [6, 6.07) is 4.25. The Labute approximate surface area is 248 Å². The van der Waals surface area contributed by atoms with Crippen molar-refractivity contribution in [1.29, 1.82) is 0 Å². The Bertz CT molecular complexity index is 1570. The van der Waals surface area contributed by atoms with Crippen LogP contribution in [0.25, 0.3) is 22.3 Å². The maximum Gasteiger partial charge on any atom is 0.239 e. The molecule has 2 aromatic carbocycles. The third-order valence-electron chi connectivity index (χ3n) is 7.53. The highest BCUT2D eigenvalue weighted by molar-refractivity contribution is 5.88. The van der Waals surface area contributed by atoms with Gasteiger partial charge in [0.25, 0.3) is 0 Å². The van der Waals surface area contributed by atoms with E-state index < -0.39 is 101 Å². The minimum absolute atomic E-state index is 0.142. The number of aromatic hydroxyl groups is 3. The molecule has 5 rings (SSSR count). The van der Waals surface area contributed by atoms with E-state index in [1.807, 2.05) is 0 Å². The fraction of sp³-hybridized carbons (Fsp3) is 0.464. The second-order valence-corrected chi connectivity index (χ2v) is 10.6. The van der Waals surface area contributed by atoms with Crippen LogP contribution in [0, 0.1) is 0 Å². The lowest BCUT2D eigenvalue weighted by atomic mass is 10.00. The number of rotatable bonds is 6. The Balaban J connectivity index is 1.64. The molecule has 10 unspecified atom stereocenters. The lowest BCUT2D eigenvalue weighted by molar-refractivity contribution is -0.268. The summed E-state index contributed by atoms with van der Waals surface area (Å²) in [6.45, 7) is 2.83. The van der Waals surface area contributed by atoms with Gasteiger partial charge in [0.2, 0.25) is 29.5 Å². The molecule has 2 saturated heterocycles. The van der Waals surface area contributed by atoms with Crippen molar-refractivity contribution in [1.82, 2.24) is 0 Å². The highest BCUT2D eigenvalue weighted by atomic mass is 16.7. The van der Waals surface area contributed by atoms with E-state index in [0.29, 0.717) is 0 Å². The predicted molar refractivity (Wildman–Crippen MR) is 145 cm³/mol. The molecule has 3 heterocycles. The molecule has 16 nitrogen and oxygen atoms in total. The molecule has 10 atom stereocenters. The minimum Gasteiger partial charge on any atom is -0.507 e. The largest absolute Gasteiger partial charge is 0.507 e. The van der Waals surface area contributed by atoms with E-state index >= 15 is 0 Å². The summed E-state index contributed by atoms with van der Waals surface area (Å²) >= 11 is 0. The second-order valence-electron chi connectivity index (χ2n) is 10.6. The summed E-state index contributed by atoms with van der Waals surface area (Å²) in [6.07, 6.45) is -15.0. The van der Waals surface area contributed by atoms with Crippen molar-refractivity contribution in [3.05, 3.63) is 34.5 Å². The molecule has 2 aliphatic heterocycles. The standard InChI is InChI=1S/C28H32O16/c1-8-17(32)20(35)22(37)27(40-8)42-11-6-12(29)16-15(7-11)43-24(10-4-13(30)25(39-3)14(31)5-10)26(19(16)34)44-28-23(38)21(36)18(33)9(2)41-28/h4-9,17-18,20-23,27-33,35-38H,1-3H3. The van der Waals surface area contributed by atoms with Gasteiger partial charge >= 0.3 is 0 Å². The molecule has 0 radical (unpaired) electrons. The minimum atomic E-state index is -1.84. The van der Waals surface area contributed by atoms with Crippen LogP contribution in [0.3, 0.4) is 0 Å². The maximum absolute atomic E-state index is 13.8. The van der Waals surface area contributed by atoms with Crippen molar-refractivity contribution < 1.29 is 74.1 Å². The normalized spacial score (nSPS) is 32.4. The first kappa shape index (κ1) is 31.6. The van der Waals surface area contributed by atoms with E-state index in [9.17, 15) is 50.8 Å². The Morgan fingerprint density at radius 1 is 0.659 bits per heavy atom. The molecule has 0 amide bonds. The molecule has 16 heteroatoms. The van der Waals surface area contributed by atoms with Crippen LogP contribution in [-0.2, 0) is 9.47 Å². The van der Waals surface area contributed by atoms with Crippen LogP contribution in [-0.4, -0.2) is 114 Å². The number of methoxy groups -OCH3 is 1. The average Bonchev–Trinajstić information content (AvgIpc) is 2.97. The third kappa shape index (κ3) is 5.46. The Morgan fingerprint density at radius 3 is 1.70 bits per heavy atom. The molecule has 1 aromatic heterocycles. The van der Waals surface area contributed by atoms with E-state index in [2.05, 4.69) is 0 Å². The molecule has 2 aliphatic rings. The highest BCUT2D eigenvalue weighted by Gasteiger charge is 2.45. The van der Waals surface area contributed by atoms with E-state index in [1.54, 1.807) is 0 Å². The van der Waals surface area contributed by atoms with Crippen LogP contribution in [0.15, 0.2) is 33.5 Å². The fourth-order valence-corrected chi connectivity index (χ4v) is 5.03. The van der Waals surface area contributed by atoms with Gasteiger partial charge in [0.1, 0.15) is 59.1 Å². The number of fused-ring (bicyclic) bond motifs is 1. The van der Waals surface area contributed by atoms with Gasteiger partial charge in [0, 0.05) is 17.7 Å². The quantitative estimate of drug-likeness (QED) is 0.159. The molecule has 0 saturated carbocycles. The summed E-state index contributed by atoms with van der Waals surface area (Å²) in [5.74, 6) is -3.44. The van der Waals surface area contributed by atoms with Gasteiger partial charge in [-0.15, -0.1) is 0 Å². The van der Waals surface area contributed by atoms with Gasteiger partial charge in [-0.05, 0) is 26.0 Å². The first-order chi connectivity index (χ1) is 20.7. The average molecular weight is 625 g/mol. The zero-order valence-electron chi connectivity index (χ0n) is 23.5. The summed E-state index contributed by atoms with van der Waals surface area (Å²) in [7, 11) is 1.19. The van der Waals surface area contributed by atoms with Crippen molar-refractivity contribution in [3.8, 4) is 45.8 Å². The van der Waals surface area contributed by atoms with Gasteiger partial charge in [-0.2, -0.15) is 0 Å². The molecule has 0 spiro atoms. The summed E-state index contributed by atoms with van der Waals surface area (Å²) in [4.78, 5) is 13.8. The van der Waals surface area contributed by atoms with Crippen LogP contribution in [0.4, 0.5) is 0 Å². The molecule has 9 N–H and O–H groups in total. The zero-order chi connectivity index (χ0) is 32.2. The van der Waals surface area contributed by atoms with E-state index in [1.165, 1.54) is 21.0 Å². The second kappa shape index (κ2) is 11.9. The van der Waals surface area contributed by atoms with E-state index in [4.69, 9.17) is 28.1 Å². The van der Waals surface area contributed by atoms with Crippen molar-refractivity contribution in [3.63, 3.8) is 0 Å². The SMILES string of the molecule is COc1c(O)cc(-c2oc3cc(OC4OC(C)C(O)C(O)C4O)cc(O)c3c(=O)c2OC2OC(C)C(O)C(O)C2O)cc1O. The van der Waals surface area contributed by atoms with Gasteiger partial charge in [0.05, 0.1) is 19.3 Å². The summed E-state index contributed by atoms with van der Waals surface area (Å²) in [5, 5.41) is 92.4. The van der Waals surface area contributed by atoms with Gasteiger partial charge in [-0.25, -0.2) is 0 Å². The fourth-order valence-electron chi connectivity index (χ4n) is 5.03. The number of phenols is 3. The Hall–Kier alpha value is -3.87. The molecule has 2 fully saturated rings. The van der Waals surface area contributed by atoms with Crippen molar-refractivity contribution >= 4 is 11.0 Å². The highest BCUT2D eigenvalue weighted by Crippen LogP contribution is 2.44. The van der Waals surface area contributed by atoms with Crippen LogP contribution in [0.2, 0.25) is 0 Å². The number of phenolic OH excluding ortho intramolecular Hbond substituents is 3. The first-order valence-corrected chi connectivity index (χ1v) is 13.4. The van der Waals surface area contributed by atoms with E-state index in [-0.39, 0.29) is 22.6 Å². The molecule has 0 bridgehead atoms. The van der Waals surface area contributed by atoms with Gasteiger partial charge in [-0.1, -0.05) is 0 Å². The smallest absolute Gasteiger partial charge is 0.239 e. The molecule has 3 aromatic rings. The molecular weight excluding hydrogens is 592 g/mol. The van der Waals surface area contributed by atoms with Gasteiger partial charge in [-0.3, -0.25) is 4.79 Å². The Kier molecular flexibility index (Phi) is 8.54. The number of aliphatic hydroxyl groups is 6. The summed E-state index contributed by atoms with van der Waals surface area (Å²) in [5.41, 5.74) is -1.49. The topological polar surface area (TPSA) is 258 Å². The van der Waals surface area contributed by atoms with Crippen molar-refractivity contribution in [2.75, 3.05) is 7.11 Å². The third-order valence-corrected chi connectivity index (χ3v) is 7.53. The van der Waals surface area contributed by atoms with Gasteiger partial charge < -0.3 is 74.1 Å². The van der Waals surface area contributed by atoms with E-state index in [0.717, 1.165) is 24.3 Å². The van der Waals surface area contributed by atoms with Gasteiger partial charge in [0.15, 0.2) is 17.3 Å². The summed E-state index contributed by atoms with van der Waals surface area (Å²) < 4.78 is 33.0. The van der Waals surface area contributed by atoms with Crippen LogP contribution in [0.1, 0.15) is 13.8 Å². The molecule has 240 valence electrons. The van der Waals surface area contributed by atoms with Crippen LogP contribution < -0.4 is 19.6 Å². The number of hydrogen-bond acceptors (Lipinski definition) is 16. The molecule has 0 aliphatic carbocycles. The van der Waals surface area contributed by atoms with Crippen LogP contribution >= 0.6 is 0 Å². The monoisotopic (exact) mass is 624 g/mol. The van der Waals surface area contributed by atoms with Crippen LogP contribution in [0.5, 0.6) is 34.5 Å². The lowest BCUT2D eigenvalue weighted by Crippen LogP contribution is -2.58. The zero-order valence-corrected chi connectivity index (χ0v) is 23.5.